The molecule has 0 aliphatic heterocycles. The van der Waals surface area contributed by atoms with Crippen LogP contribution in [0.5, 0.6) is 0 Å². The van der Waals surface area contributed by atoms with Crippen LogP contribution in [0.2, 0.25) is 5.02 Å². The van der Waals surface area contributed by atoms with Crippen LogP contribution in [-0.4, -0.2) is 27.4 Å². The Bertz CT molecular complexity index is 797. The number of likely N-dealkylation sites (N-methyl/N-ethyl adjacent to an activating group) is 1. The van der Waals surface area contributed by atoms with Crippen molar-refractivity contribution in [3.63, 3.8) is 0 Å². The van der Waals surface area contributed by atoms with E-state index in [2.05, 4.69) is 4.98 Å². The second-order valence-corrected chi connectivity index (χ2v) is 5.41. The molecule has 0 aliphatic rings. The fraction of sp³-hybridized carbons (Fsp3) is 0.267. The molecule has 0 saturated heterocycles. The van der Waals surface area contributed by atoms with Gasteiger partial charge in [-0.25, -0.2) is 4.79 Å². The number of hydrogen-bond acceptors (Lipinski definition) is 3. The molecule has 1 aromatic carbocycles. The second kappa shape index (κ2) is 6.62. The summed E-state index contributed by atoms with van der Waals surface area (Å²) in [7, 11) is 1.66. The van der Waals surface area contributed by atoms with Crippen LogP contribution in [0.3, 0.4) is 0 Å². The van der Waals surface area contributed by atoms with Gasteiger partial charge in [-0.05, 0) is 24.6 Å². The minimum Gasteiger partial charge on any atom is -0.337 e. The lowest BCUT2D eigenvalue weighted by Crippen LogP contribution is -2.37. The van der Waals surface area contributed by atoms with Gasteiger partial charge in [0.1, 0.15) is 6.54 Å². The highest BCUT2D eigenvalue weighted by molar-refractivity contribution is 6.30. The van der Waals surface area contributed by atoms with E-state index in [1.54, 1.807) is 19.2 Å². The number of halogens is 1. The first-order chi connectivity index (χ1) is 10.4. The van der Waals surface area contributed by atoms with Crippen LogP contribution >= 0.6 is 11.6 Å². The number of aromatic amines is 1. The summed E-state index contributed by atoms with van der Waals surface area (Å²) in [4.78, 5) is 38.5. The molecule has 7 heteroatoms. The number of hydrogen-bond donors (Lipinski definition) is 1. The van der Waals surface area contributed by atoms with E-state index in [1.165, 1.54) is 17.2 Å². The Morgan fingerprint density at radius 1 is 1.36 bits per heavy atom. The first-order valence-electron chi connectivity index (χ1n) is 6.69. The fourth-order valence-electron chi connectivity index (χ4n) is 2.03. The summed E-state index contributed by atoms with van der Waals surface area (Å²) in [6.45, 7) is 1.73. The Kier molecular flexibility index (Phi) is 4.82. The highest BCUT2D eigenvalue weighted by Gasteiger charge is 2.18. The predicted octanol–water partition coefficient (Wildman–Crippen LogP) is 1.41. The van der Waals surface area contributed by atoms with Gasteiger partial charge in [-0.2, -0.15) is 0 Å². The maximum absolute atomic E-state index is 12.3. The van der Waals surface area contributed by atoms with E-state index in [9.17, 15) is 14.4 Å². The molecule has 1 amide bonds. The lowest BCUT2D eigenvalue weighted by atomic mass is 10.1. The average Bonchev–Trinajstić information content (AvgIpc) is 2.48. The maximum Gasteiger partial charge on any atom is 0.328 e. The molecule has 0 aliphatic carbocycles. The molecule has 6 nitrogen and oxygen atoms in total. The molecule has 0 saturated carbocycles. The normalized spacial score (nSPS) is 12.0. The number of nitrogens with zero attached hydrogens (tertiary/aromatic N) is 2. The summed E-state index contributed by atoms with van der Waals surface area (Å²) in [5.74, 6) is -0.248. The average molecular weight is 322 g/mol. The largest absolute Gasteiger partial charge is 0.337 e. The Morgan fingerprint density at radius 2 is 2.09 bits per heavy atom. The molecule has 1 N–H and O–H groups in total. The molecule has 1 atom stereocenters. The van der Waals surface area contributed by atoms with Crippen LogP contribution in [0.15, 0.2) is 46.1 Å². The van der Waals surface area contributed by atoms with Crippen molar-refractivity contribution in [1.82, 2.24) is 14.5 Å². The van der Waals surface area contributed by atoms with Crippen molar-refractivity contribution in [3.8, 4) is 0 Å². The molecule has 1 aromatic heterocycles. The van der Waals surface area contributed by atoms with Crippen LogP contribution < -0.4 is 11.2 Å². The van der Waals surface area contributed by atoms with Gasteiger partial charge in [0.05, 0.1) is 6.04 Å². The first kappa shape index (κ1) is 16.0. The Hall–Kier alpha value is -2.34. The van der Waals surface area contributed by atoms with E-state index in [4.69, 9.17) is 11.6 Å². The third-order valence-electron chi connectivity index (χ3n) is 3.51. The van der Waals surface area contributed by atoms with Gasteiger partial charge in [0, 0.05) is 24.3 Å². The van der Waals surface area contributed by atoms with Crippen LogP contribution in [-0.2, 0) is 11.3 Å². The molecule has 116 valence electrons. The summed E-state index contributed by atoms with van der Waals surface area (Å²) >= 11 is 5.96. The molecule has 1 unspecified atom stereocenters. The summed E-state index contributed by atoms with van der Waals surface area (Å²) in [6, 6.07) is 8.27. The van der Waals surface area contributed by atoms with Crippen molar-refractivity contribution in [1.29, 1.82) is 0 Å². The molecule has 2 aromatic rings. The number of aromatic nitrogens is 2. The lowest BCUT2D eigenvalue weighted by molar-refractivity contribution is -0.132. The van der Waals surface area contributed by atoms with Gasteiger partial charge in [0.15, 0.2) is 0 Å². The third-order valence-corrected chi connectivity index (χ3v) is 3.74. The van der Waals surface area contributed by atoms with Crippen molar-refractivity contribution >= 4 is 17.5 Å². The fourth-order valence-corrected chi connectivity index (χ4v) is 2.23. The SMILES string of the molecule is CC(c1cccc(Cl)c1)N(C)C(=O)Cn1ccc(=O)[nH]c1=O. The zero-order valence-electron chi connectivity index (χ0n) is 12.2. The van der Waals surface area contributed by atoms with E-state index >= 15 is 0 Å². The molecular weight excluding hydrogens is 306 g/mol. The number of rotatable bonds is 4. The molecule has 0 bridgehead atoms. The number of nitrogens with one attached hydrogen (secondary N) is 1. The van der Waals surface area contributed by atoms with Gasteiger partial charge >= 0.3 is 5.69 Å². The van der Waals surface area contributed by atoms with Crippen LogP contribution in [0.4, 0.5) is 0 Å². The van der Waals surface area contributed by atoms with Gasteiger partial charge in [-0.1, -0.05) is 23.7 Å². The minimum atomic E-state index is -0.607. The quantitative estimate of drug-likeness (QED) is 0.925. The highest BCUT2D eigenvalue weighted by Crippen LogP contribution is 2.21. The van der Waals surface area contributed by atoms with Crippen molar-refractivity contribution in [2.45, 2.75) is 19.5 Å². The minimum absolute atomic E-state index is 0.142. The molecule has 0 spiro atoms. The number of amides is 1. The highest BCUT2D eigenvalue weighted by atomic mass is 35.5. The van der Waals surface area contributed by atoms with Crippen molar-refractivity contribution in [3.05, 3.63) is 68.0 Å². The van der Waals surface area contributed by atoms with Crippen LogP contribution in [0.25, 0.3) is 0 Å². The topological polar surface area (TPSA) is 75.2 Å². The summed E-state index contributed by atoms with van der Waals surface area (Å²) in [6.07, 6.45) is 1.30. The van der Waals surface area contributed by atoms with E-state index in [0.29, 0.717) is 5.02 Å². The van der Waals surface area contributed by atoms with E-state index in [-0.39, 0.29) is 18.5 Å². The number of benzene rings is 1. The number of carbonyl (C=O) groups is 1. The molecule has 0 radical (unpaired) electrons. The molecule has 0 fully saturated rings. The first-order valence-corrected chi connectivity index (χ1v) is 7.07. The second-order valence-electron chi connectivity index (χ2n) is 4.97. The Morgan fingerprint density at radius 3 is 2.73 bits per heavy atom. The van der Waals surface area contributed by atoms with Crippen LogP contribution in [0, 0.1) is 0 Å². The maximum atomic E-state index is 12.3. The molecule has 1 heterocycles. The smallest absolute Gasteiger partial charge is 0.328 e. The van der Waals surface area contributed by atoms with Crippen molar-refractivity contribution in [2.24, 2.45) is 0 Å². The number of carbonyl (C=O) groups excluding carboxylic acids is 1. The third kappa shape index (κ3) is 3.65. The zero-order valence-corrected chi connectivity index (χ0v) is 13.0. The summed E-state index contributed by atoms with van der Waals surface area (Å²) < 4.78 is 1.16. The predicted molar refractivity (Wildman–Crippen MR) is 84.0 cm³/mol. The van der Waals surface area contributed by atoms with Gasteiger partial charge in [0.25, 0.3) is 5.56 Å². The van der Waals surface area contributed by atoms with Crippen molar-refractivity contribution in [2.75, 3.05) is 7.05 Å². The van der Waals surface area contributed by atoms with Gasteiger partial charge < -0.3 is 4.90 Å². The van der Waals surface area contributed by atoms with E-state index in [0.717, 1.165) is 10.1 Å². The monoisotopic (exact) mass is 321 g/mol. The van der Waals surface area contributed by atoms with Gasteiger partial charge in [-0.15, -0.1) is 0 Å². The summed E-state index contributed by atoms with van der Waals surface area (Å²) in [5.41, 5.74) is -0.198. The molecule has 22 heavy (non-hydrogen) atoms. The molecule has 2 rings (SSSR count). The van der Waals surface area contributed by atoms with E-state index in [1.807, 2.05) is 19.1 Å². The van der Waals surface area contributed by atoms with E-state index < -0.39 is 11.2 Å². The Labute approximate surface area is 132 Å². The lowest BCUT2D eigenvalue weighted by Gasteiger charge is -2.25. The number of H-pyrrole nitrogens is 1. The van der Waals surface area contributed by atoms with Crippen molar-refractivity contribution < 1.29 is 4.79 Å². The van der Waals surface area contributed by atoms with Crippen LogP contribution in [0.1, 0.15) is 18.5 Å². The zero-order chi connectivity index (χ0) is 16.3. The Balaban J connectivity index is 2.15. The molecular formula is C15H16ClN3O3. The van der Waals surface area contributed by atoms with Gasteiger partial charge in [-0.3, -0.25) is 19.1 Å². The standard InChI is InChI=1S/C15H16ClN3O3/c1-10(11-4-3-5-12(16)8-11)18(2)14(21)9-19-7-6-13(20)17-15(19)22/h3-8,10H,9H2,1-2H3,(H,17,20,22). The summed E-state index contributed by atoms with van der Waals surface area (Å²) in [5, 5.41) is 0.599. The van der Waals surface area contributed by atoms with Gasteiger partial charge in [0.2, 0.25) is 5.91 Å².